The molecule has 0 saturated heterocycles. The summed E-state index contributed by atoms with van der Waals surface area (Å²) in [6.45, 7) is 4.24. The predicted molar refractivity (Wildman–Crippen MR) is 57.3 cm³/mol. The van der Waals surface area contributed by atoms with Gasteiger partial charge in [0.1, 0.15) is 0 Å². The van der Waals surface area contributed by atoms with Crippen molar-refractivity contribution < 1.29 is 0 Å². The van der Waals surface area contributed by atoms with E-state index in [-0.39, 0.29) is 12.0 Å². The van der Waals surface area contributed by atoms with E-state index < -0.39 is 0 Å². The van der Waals surface area contributed by atoms with Crippen molar-refractivity contribution in [1.82, 2.24) is 5.32 Å². The van der Waals surface area contributed by atoms with Gasteiger partial charge < -0.3 is 5.32 Å². The maximum absolute atomic E-state index is 8.77. The van der Waals surface area contributed by atoms with Gasteiger partial charge in [0, 0.05) is 12.0 Å². The Morgan fingerprint density at radius 3 is 2.57 bits per heavy atom. The summed E-state index contributed by atoms with van der Waals surface area (Å²) in [5, 5.41) is 12.2. The van der Waals surface area contributed by atoms with Crippen molar-refractivity contribution in [1.29, 1.82) is 5.26 Å². The molecule has 1 rings (SSSR count). The van der Waals surface area contributed by atoms with Gasteiger partial charge >= 0.3 is 0 Å². The molecule has 3 atom stereocenters. The van der Waals surface area contributed by atoms with Gasteiger partial charge in [0.25, 0.3) is 0 Å². The zero-order valence-electron chi connectivity index (χ0n) is 8.96. The van der Waals surface area contributed by atoms with Gasteiger partial charge in [-0.25, -0.2) is 0 Å². The topological polar surface area (TPSA) is 35.8 Å². The van der Waals surface area contributed by atoms with E-state index in [1.165, 1.54) is 0 Å². The summed E-state index contributed by atoms with van der Waals surface area (Å²) >= 11 is 0. The zero-order valence-corrected chi connectivity index (χ0v) is 8.96. The third-order valence-electron chi connectivity index (χ3n) is 2.88. The molecular weight excluding hydrogens is 172 g/mol. The van der Waals surface area contributed by atoms with E-state index >= 15 is 0 Å². The number of hydrogen-bond acceptors (Lipinski definition) is 2. The highest BCUT2D eigenvalue weighted by atomic mass is 15.0. The Morgan fingerprint density at radius 2 is 2.14 bits per heavy atom. The van der Waals surface area contributed by atoms with Crippen molar-refractivity contribution in [3.05, 3.63) is 0 Å². The molecule has 2 nitrogen and oxygen atoms in total. The summed E-state index contributed by atoms with van der Waals surface area (Å²) in [4.78, 5) is 0. The lowest BCUT2D eigenvalue weighted by Crippen LogP contribution is -2.39. The van der Waals surface area contributed by atoms with Crippen LogP contribution in [0.4, 0.5) is 0 Å². The summed E-state index contributed by atoms with van der Waals surface area (Å²) in [5.41, 5.74) is 0. The molecule has 1 N–H and O–H groups in total. The molecule has 0 aliphatic heterocycles. The van der Waals surface area contributed by atoms with Crippen molar-refractivity contribution >= 4 is 0 Å². The van der Waals surface area contributed by atoms with E-state index in [1.54, 1.807) is 0 Å². The Labute approximate surface area is 86.7 Å². The second kappa shape index (κ2) is 5.03. The molecule has 0 radical (unpaired) electrons. The average Bonchev–Trinajstić information content (AvgIpc) is 2.61. The minimum Gasteiger partial charge on any atom is -0.301 e. The fourth-order valence-corrected chi connectivity index (χ4v) is 1.94. The Bertz CT molecular complexity index is 256. The first-order valence-electron chi connectivity index (χ1n) is 5.29. The first-order chi connectivity index (χ1) is 6.67. The molecule has 0 spiro atoms. The zero-order chi connectivity index (χ0) is 10.6. The lowest BCUT2D eigenvalue weighted by Gasteiger charge is -2.21. The molecule has 0 aromatic carbocycles. The van der Waals surface area contributed by atoms with Crippen molar-refractivity contribution in [2.75, 3.05) is 0 Å². The van der Waals surface area contributed by atoms with E-state index in [0.29, 0.717) is 12.0 Å². The number of rotatable bonds is 3. The van der Waals surface area contributed by atoms with Crippen LogP contribution in [0.15, 0.2) is 0 Å². The summed E-state index contributed by atoms with van der Waals surface area (Å²) < 4.78 is 0. The van der Waals surface area contributed by atoms with Gasteiger partial charge in [-0.1, -0.05) is 19.8 Å². The fraction of sp³-hybridized carbons (Fsp3) is 0.750. The van der Waals surface area contributed by atoms with Crippen molar-refractivity contribution in [3.8, 4) is 18.4 Å². The molecule has 1 aliphatic carbocycles. The van der Waals surface area contributed by atoms with Crippen molar-refractivity contribution in [2.45, 2.75) is 45.2 Å². The molecular formula is C12H18N2. The molecule has 0 amide bonds. The third-order valence-corrected chi connectivity index (χ3v) is 2.88. The van der Waals surface area contributed by atoms with Gasteiger partial charge in [-0.15, -0.1) is 6.42 Å². The normalized spacial score (nSPS) is 28.4. The van der Waals surface area contributed by atoms with Crippen molar-refractivity contribution in [2.24, 2.45) is 11.8 Å². The highest BCUT2D eigenvalue weighted by molar-refractivity contribution is 5.03. The second-order valence-corrected chi connectivity index (χ2v) is 4.39. The van der Waals surface area contributed by atoms with Crippen LogP contribution >= 0.6 is 0 Å². The van der Waals surface area contributed by atoms with Crippen LogP contribution in [-0.4, -0.2) is 12.1 Å². The van der Waals surface area contributed by atoms with E-state index in [1.807, 2.05) is 0 Å². The quantitative estimate of drug-likeness (QED) is 0.690. The predicted octanol–water partition coefficient (Wildman–Crippen LogP) is 1.93. The van der Waals surface area contributed by atoms with Crippen molar-refractivity contribution in [3.63, 3.8) is 0 Å². The van der Waals surface area contributed by atoms with Gasteiger partial charge in [0.15, 0.2) is 0 Å². The standard InChI is InChI=1S/C12H18N2/c1-4-12(9(2)3)14-11-6-5-10(7-11)8-13/h1,9-12,14H,5-7H2,2-3H3. The van der Waals surface area contributed by atoms with Crippen LogP contribution in [0.5, 0.6) is 0 Å². The van der Waals surface area contributed by atoms with E-state index in [4.69, 9.17) is 11.7 Å². The van der Waals surface area contributed by atoms with Gasteiger partial charge in [-0.3, -0.25) is 0 Å². The Kier molecular flexibility index (Phi) is 3.98. The first-order valence-corrected chi connectivity index (χ1v) is 5.29. The summed E-state index contributed by atoms with van der Waals surface area (Å²) in [6, 6.07) is 2.92. The largest absolute Gasteiger partial charge is 0.301 e. The number of nitrogens with one attached hydrogen (secondary N) is 1. The van der Waals surface area contributed by atoms with Crippen LogP contribution < -0.4 is 5.32 Å². The highest BCUT2D eigenvalue weighted by Crippen LogP contribution is 2.25. The van der Waals surface area contributed by atoms with Crippen LogP contribution in [0.3, 0.4) is 0 Å². The molecule has 1 aliphatic rings. The monoisotopic (exact) mass is 190 g/mol. The second-order valence-electron chi connectivity index (χ2n) is 4.39. The molecule has 2 heteroatoms. The van der Waals surface area contributed by atoms with Crippen LogP contribution in [0, 0.1) is 35.5 Å². The fourth-order valence-electron chi connectivity index (χ4n) is 1.94. The maximum Gasteiger partial charge on any atom is 0.0712 e. The van der Waals surface area contributed by atoms with E-state index in [2.05, 4.69) is 31.2 Å². The lowest BCUT2D eigenvalue weighted by molar-refractivity contribution is 0.409. The Morgan fingerprint density at radius 1 is 1.43 bits per heavy atom. The Balaban J connectivity index is 2.39. The summed E-state index contributed by atoms with van der Waals surface area (Å²) in [5.74, 6) is 3.46. The number of nitrogens with zero attached hydrogens (tertiary/aromatic N) is 1. The van der Waals surface area contributed by atoms with Gasteiger partial charge in [0.05, 0.1) is 12.1 Å². The lowest BCUT2D eigenvalue weighted by atomic mass is 10.0. The molecule has 0 bridgehead atoms. The average molecular weight is 190 g/mol. The molecule has 14 heavy (non-hydrogen) atoms. The minimum atomic E-state index is 0.150. The molecule has 1 saturated carbocycles. The summed E-state index contributed by atoms with van der Waals surface area (Å²) in [7, 11) is 0. The molecule has 76 valence electrons. The minimum absolute atomic E-state index is 0.150. The van der Waals surface area contributed by atoms with E-state index in [9.17, 15) is 0 Å². The van der Waals surface area contributed by atoms with E-state index in [0.717, 1.165) is 19.3 Å². The van der Waals surface area contributed by atoms with Crippen LogP contribution in [0.25, 0.3) is 0 Å². The van der Waals surface area contributed by atoms with Crippen LogP contribution in [-0.2, 0) is 0 Å². The van der Waals surface area contributed by atoms with Crippen LogP contribution in [0.1, 0.15) is 33.1 Å². The number of nitriles is 1. The van der Waals surface area contributed by atoms with Crippen LogP contribution in [0.2, 0.25) is 0 Å². The third kappa shape index (κ3) is 2.76. The Hall–Kier alpha value is -0.990. The van der Waals surface area contributed by atoms with Gasteiger partial charge in [-0.05, 0) is 25.2 Å². The SMILES string of the molecule is C#CC(NC1CCC(C#N)C1)C(C)C. The molecule has 3 unspecified atom stereocenters. The molecule has 0 aromatic heterocycles. The molecule has 0 heterocycles. The van der Waals surface area contributed by atoms with Gasteiger partial charge in [-0.2, -0.15) is 5.26 Å². The smallest absolute Gasteiger partial charge is 0.0712 e. The highest BCUT2D eigenvalue weighted by Gasteiger charge is 2.26. The first kappa shape index (κ1) is 11.1. The summed E-state index contributed by atoms with van der Waals surface area (Å²) in [6.07, 6.45) is 8.51. The number of hydrogen-bond donors (Lipinski definition) is 1. The number of terminal acetylenes is 1. The molecule has 0 aromatic rings. The van der Waals surface area contributed by atoms with Gasteiger partial charge in [0.2, 0.25) is 0 Å². The maximum atomic E-state index is 8.77. The molecule has 1 fully saturated rings.